The number of aromatic nitrogens is 2. The first kappa shape index (κ1) is 19.6. The van der Waals surface area contributed by atoms with E-state index in [0.29, 0.717) is 6.54 Å². The SMILES string of the molecule is Cc1cc(NC(=O)CCn2cnc3sc4c(c3c2=O)CCCC4)ccc1N(C)C. The first-order chi connectivity index (χ1) is 13.9. The van der Waals surface area contributed by atoms with E-state index in [1.807, 2.05) is 44.1 Å². The van der Waals surface area contributed by atoms with Crippen molar-refractivity contribution in [1.82, 2.24) is 9.55 Å². The molecule has 0 fully saturated rings. The number of hydrogen-bond donors (Lipinski definition) is 1. The number of thiophene rings is 1. The minimum Gasteiger partial charge on any atom is -0.377 e. The zero-order valence-corrected chi connectivity index (χ0v) is 17.9. The summed E-state index contributed by atoms with van der Waals surface area (Å²) in [4.78, 5) is 34.1. The van der Waals surface area contributed by atoms with Crippen LogP contribution < -0.4 is 15.8 Å². The van der Waals surface area contributed by atoms with Gasteiger partial charge in [0, 0.05) is 43.3 Å². The number of rotatable bonds is 5. The van der Waals surface area contributed by atoms with Crippen LogP contribution in [0.1, 0.15) is 35.3 Å². The van der Waals surface area contributed by atoms with Crippen LogP contribution in [0.15, 0.2) is 29.3 Å². The summed E-state index contributed by atoms with van der Waals surface area (Å²) in [5.41, 5.74) is 4.15. The number of hydrogen-bond acceptors (Lipinski definition) is 5. The van der Waals surface area contributed by atoms with E-state index in [-0.39, 0.29) is 17.9 Å². The van der Waals surface area contributed by atoms with Crippen molar-refractivity contribution < 1.29 is 4.79 Å². The fourth-order valence-corrected chi connectivity index (χ4v) is 5.24. The fraction of sp³-hybridized carbons (Fsp3) is 0.409. The Labute approximate surface area is 174 Å². The van der Waals surface area contributed by atoms with E-state index in [1.165, 1.54) is 16.9 Å². The molecule has 1 amide bonds. The lowest BCUT2D eigenvalue weighted by molar-refractivity contribution is -0.116. The van der Waals surface area contributed by atoms with Gasteiger partial charge in [-0.25, -0.2) is 4.98 Å². The van der Waals surface area contributed by atoms with E-state index in [0.717, 1.165) is 46.4 Å². The molecule has 0 radical (unpaired) electrons. The molecule has 2 aromatic heterocycles. The zero-order chi connectivity index (χ0) is 20.5. The molecule has 0 bridgehead atoms. The van der Waals surface area contributed by atoms with Crippen molar-refractivity contribution >= 4 is 38.8 Å². The lowest BCUT2D eigenvalue weighted by atomic mass is 9.97. The van der Waals surface area contributed by atoms with Crippen LogP contribution in [0, 0.1) is 6.92 Å². The lowest BCUT2D eigenvalue weighted by Crippen LogP contribution is -2.24. The Balaban J connectivity index is 1.47. The second-order valence-electron chi connectivity index (χ2n) is 7.83. The molecule has 0 atom stereocenters. The van der Waals surface area contributed by atoms with Gasteiger partial charge in [-0.1, -0.05) is 0 Å². The molecular formula is C22H26N4O2S. The summed E-state index contributed by atoms with van der Waals surface area (Å²) in [6.45, 7) is 2.35. The first-order valence-electron chi connectivity index (χ1n) is 10.0. The highest BCUT2D eigenvalue weighted by Gasteiger charge is 2.20. The maximum atomic E-state index is 13.0. The molecule has 1 aliphatic carbocycles. The number of anilines is 2. The van der Waals surface area contributed by atoms with E-state index in [1.54, 1.807) is 22.2 Å². The number of carbonyl (C=O) groups excluding carboxylic acids is 1. The van der Waals surface area contributed by atoms with Crippen molar-refractivity contribution in [2.45, 2.75) is 45.6 Å². The van der Waals surface area contributed by atoms with E-state index in [9.17, 15) is 9.59 Å². The van der Waals surface area contributed by atoms with Crippen LogP contribution in [0.5, 0.6) is 0 Å². The van der Waals surface area contributed by atoms with Gasteiger partial charge < -0.3 is 10.2 Å². The summed E-state index contributed by atoms with van der Waals surface area (Å²) in [5, 5.41) is 3.70. The summed E-state index contributed by atoms with van der Waals surface area (Å²) in [6, 6.07) is 5.86. The number of fused-ring (bicyclic) bond motifs is 3. The van der Waals surface area contributed by atoms with Gasteiger partial charge in [0.2, 0.25) is 5.91 Å². The molecule has 0 saturated carbocycles. The van der Waals surface area contributed by atoms with Crippen LogP contribution in [0.2, 0.25) is 0 Å². The Morgan fingerprint density at radius 2 is 2.07 bits per heavy atom. The molecule has 6 nitrogen and oxygen atoms in total. The van der Waals surface area contributed by atoms with Crippen LogP contribution >= 0.6 is 11.3 Å². The average Bonchev–Trinajstić information content (AvgIpc) is 3.06. The van der Waals surface area contributed by atoms with Crippen molar-refractivity contribution in [3.05, 3.63) is 50.9 Å². The molecule has 7 heteroatoms. The molecule has 0 aliphatic heterocycles. The van der Waals surface area contributed by atoms with Gasteiger partial charge in [-0.05, 0) is 61.9 Å². The van der Waals surface area contributed by atoms with Crippen molar-refractivity contribution in [3.63, 3.8) is 0 Å². The molecular weight excluding hydrogens is 384 g/mol. The van der Waals surface area contributed by atoms with Crippen LogP contribution in [0.3, 0.4) is 0 Å². The highest BCUT2D eigenvalue weighted by molar-refractivity contribution is 7.18. The van der Waals surface area contributed by atoms with E-state index in [2.05, 4.69) is 10.3 Å². The standard InChI is InChI=1S/C22H26N4O2S/c1-14-12-15(8-9-17(14)25(2)3)24-19(27)10-11-26-13-23-21-20(22(26)28)16-6-4-5-7-18(16)29-21/h8-9,12-13H,4-7,10-11H2,1-3H3,(H,24,27). The van der Waals surface area contributed by atoms with E-state index >= 15 is 0 Å². The van der Waals surface area contributed by atoms with Crippen molar-refractivity contribution in [2.75, 3.05) is 24.3 Å². The number of benzene rings is 1. The molecule has 2 heterocycles. The minimum atomic E-state index is -0.110. The molecule has 29 heavy (non-hydrogen) atoms. The normalized spacial score (nSPS) is 13.3. The van der Waals surface area contributed by atoms with Gasteiger partial charge in [0.05, 0.1) is 11.7 Å². The molecule has 3 aromatic rings. The summed E-state index contributed by atoms with van der Waals surface area (Å²) in [6.07, 6.45) is 6.12. The summed E-state index contributed by atoms with van der Waals surface area (Å²) >= 11 is 1.65. The van der Waals surface area contributed by atoms with Crippen LogP contribution in [-0.2, 0) is 24.2 Å². The smallest absolute Gasteiger partial charge is 0.262 e. The quantitative estimate of drug-likeness (QED) is 0.696. The predicted molar refractivity (Wildman–Crippen MR) is 119 cm³/mol. The van der Waals surface area contributed by atoms with Crippen molar-refractivity contribution in [3.8, 4) is 0 Å². The summed E-state index contributed by atoms with van der Waals surface area (Å²) in [7, 11) is 3.99. The predicted octanol–water partition coefficient (Wildman–Crippen LogP) is 3.74. The Hall–Kier alpha value is -2.67. The highest BCUT2D eigenvalue weighted by atomic mass is 32.1. The van der Waals surface area contributed by atoms with Crippen molar-refractivity contribution in [2.24, 2.45) is 0 Å². The molecule has 0 unspecified atom stereocenters. The monoisotopic (exact) mass is 410 g/mol. The molecule has 152 valence electrons. The van der Waals surface area contributed by atoms with Crippen LogP contribution in [0.25, 0.3) is 10.2 Å². The van der Waals surface area contributed by atoms with Gasteiger partial charge in [0.15, 0.2) is 0 Å². The number of nitrogens with one attached hydrogen (secondary N) is 1. The maximum absolute atomic E-state index is 13.0. The molecule has 0 saturated heterocycles. The molecule has 4 rings (SSSR count). The van der Waals surface area contributed by atoms with Crippen LogP contribution in [0.4, 0.5) is 11.4 Å². The zero-order valence-electron chi connectivity index (χ0n) is 17.1. The number of carbonyl (C=O) groups is 1. The molecule has 0 spiro atoms. The Kier molecular flexibility index (Phi) is 5.41. The summed E-state index contributed by atoms with van der Waals surface area (Å²) < 4.78 is 1.57. The topological polar surface area (TPSA) is 67.2 Å². The fourth-order valence-electron chi connectivity index (χ4n) is 4.02. The lowest BCUT2D eigenvalue weighted by Gasteiger charge is -2.16. The molecule has 1 aliphatic rings. The first-order valence-corrected chi connectivity index (χ1v) is 10.8. The highest BCUT2D eigenvalue weighted by Crippen LogP contribution is 2.33. The summed E-state index contributed by atoms with van der Waals surface area (Å²) in [5.74, 6) is -0.110. The Bertz CT molecular complexity index is 1130. The van der Waals surface area contributed by atoms with Crippen LogP contribution in [-0.4, -0.2) is 29.6 Å². The minimum absolute atomic E-state index is 0.0200. The third-order valence-electron chi connectivity index (χ3n) is 5.48. The second kappa shape index (κ2) is 7.99. The van der Waals surface area contributed by atoms with Gasteiger partial charge in [-0.3, -0.25) is 14.2 Å². The van der Waals surface area contributed by atoms with Gasteiger partial charge in [-0.2, -0.15) is 0 Å². The number of aryl methyl sites for hydroxylation is 4. The molecule has 1 aromatic carbocycles. The van der Waals surface area contributed by atoms with E-state index in [4.69, 9.17) is 0 Å². The third kappa shape index (κ3) is 3.92. The van der Waals surface area contributed by atoms with Gasteiger partial charge in [-0.15, -0.1) is 11.3 Å². The number of nitrogens with zero attached hydrogens (tertiary/aromatic N) is 3. The average molecular weight is 411 g/mol. The second-order valence-corrected chi connectivity index (χ2v) is 8.91. The maximum Gasteiger partial charge on any atom is 0.262 e. The molecule has 1 N–H and O–H groups in total. The Morgan fingerprint density at radius 1 is 1.28 bits per heavy atom. The number of amides is 1. The Morgan fingerprint density at radius 3 is 2.83 bits per heavy atom. The van der Waals surface area contributed by atoms with Crippen molar-refractivity contribution in [1.29, 1.82) is 0 Å². The largest absolute Gasteiger partial charge is 0.377 e. The van der Waals surface area contributed by atoms with Gasteiger partial charge in [0.1, 0.15) is 4.83 Å². The third-order valence-corrected chi connectivity index (χ3v) is 6.68. The van der Waals surface area contributed by atoms with Gasteiger partial charge >= 0.3 is 0 Å². The van der Waals surface area contributed by atoms with E-state index < -0.39 is 0 Å². The van der Waals surface area contributed by atoms with Gasteiger partial charge in [0.25, 0.3) is 5.56 Å².